The van der Waals surface area contributed by atoms with Crippen LogP contribution in [0, 0.1) is 0 Å². The van der Waals surface area contributed by atoms with Gasteiger partial charge in [-0.25, -0.2) is 0 Å². The SMILES string of the molecule is OC[C@H]1O[C@@H](O)CC[C@@H]1O.OC[C@H]1O[C@@H](O)[C@H](O)C[C@@H]1O.OC[C@H]1O[C@@H](O)[C@H](O)[C@@H](O)[C@@H]1O. The zero-order chi connectivity index (χ0) is 25.3. The molecule has 3 heterocycles. The molecule has 0 aliphatic carbocycles. The first-order valence-corrected chi connectivity index (χ1v) is 10.4. The van der Waals surface area contributed by atoms with Crippen LogP contribution >= 0.6 is 0 Å². The van der Waals surface area contributed by atoms with E-state index in [1.165, 1.54) is 0 Å². The highest BCUT2D eigenvalue weighted by molar-refractivity contribution is 4.88. The lowest BCUT2D eigenvalue weighted by atomic mass is 10.00. The Labute approximate surface area is 189 Å². The van der Waals surface area contributed by atoms with Crippen LogP contribution in [0.3, 0.4) is 0 Å². The molecule has 15 nitrogen and oxygen atoms in total. The average molecular weight is 492 g/mol. The molecule has 0 aromatic carbocycles. The van der Waals surface area contributed by atoms with E-state index in [1.54, 1.807) is 0 Å². The molecule has 3 aliphatic heterocycles. The van der Waals surface area contributed by atoms with E-state index in [4.69, 9.17) is 66.0 Å². The zero-order valence-electron chi connectivity index (χ0n) is 17.8. The highest BCUT2D eigenvalue weighted by Gasteiger charge is 2.42. The molecule has 12 atom stereocenters. The molecule has 3 fully saturated rings. The summed E-state index contributed by atoms with van der Waals surface area (Å²) in [5.41, 5.74) is 0. The van der Waals surface area contributed by atoms with Crippen LogP contribution in [0.4, 0.5) is 0 Å². The smallest absolute Gasteiger partial charge is 0.184 e. The van der Waals surface area contributed by atoms with E-state index in [2.05, 4.69) is 9.47 Å². The molecule has 0 aromatic heterocycles. The van der Waals surface area contributed by atoms with Crippen molar-refractivity contribution in [2.24, 2.45) is 0 Å². The molecule has 3 rings (SSSR count). The van der Waals surface area contributed by atoms with Gasteiger partial charge in [-0.2, -0.15) is 0 Å². The maximum Gasteiger partial charge on any atom is 0.184 e. The summed E-state index contributed by atoms with van der Waals surface area (Å²) in [6.07, 6.45) is -12.2. The molecule has 3 aliphatic rings. The number of aliphatic hydroxyl groups excluding tert-OH is 12. The summed E-state index contributed by atoms with van der Waals surface area (Å²) < 4.78 is 14.0. The van der Waals surface area contributed by atoms with Crippen molar-refractivity contribution < 1.29 is 75.5 Å². The predicted octanol–water partition coefficient (Wildman–Crippen LogP) is -6.58. The van der Waals surface area contributed by atoms with Crippen LogP contribution in [0.2, 0.25) is 0 Å². The lowest BCUT2D eigenvalue weighted by Crippen LogP contribution is -2.58. The van der Waals surface area contributed by atoms with Gasteiger partial charge in [-0.3, -0.25) is 0 Å². The van der Waals surface area contributed by atoms with E-state index in [9.17, 15) is 0 Å². The Hall–Kier alpha value is -0.600. The molecule has 33 heavy (non-hydrogen) atoms. The van der Waals surface area contributed by atoms with E-state index in [-0.39, 0.29) is 19.6 Å². The van der Waals surface area contributed by atoms with Gasteiger partial charge in [0.25, 0.3) is 0 Å². The van der Waals surface area contributed by atoms with Crippen molar-refractivity contribution in [1.29, 1.82) is 0 Å². The third-order valence-corrected chi connectivity index (χ3v) is 5.25. The maximum absolute atomic E-state index is 9.12. The van der Waals surface area contributed by atoms with Crippen LogP contribution in [-0.4, -0.2) is 155 Å². The van der Waals surface area contributed by atoms with Gasteiger partial charge in [-0.05, 0) is 6.42 Å². The van der Waals surface area contributed by atoms with Gasteiger partial charge in [-0.15, -0.1) is 0 Å². The lowest BCUT2D eigenvalue weighted by Gasteiger charge is -2.37. The third kappa shape index (κ3) is 9.17. The quantitative estimate of drug-likeness (QED) is 0.174. The zero-order valence-corrected chi connectivity index (χ0v) is 17.8. The molecule has 0 radical (unpaired) electrons. The fourth-order valence-electron chi connectivity index (χ4n) is 3.15. The van der Waals surface area contributed by atoms with Crippen molar-refractivity contribution in [1.82, 2.24) is 0 Å². The molecule has 12 N–H and O–H groups in total. The molecule has 0 unspecified atom stereocenters. The van der Waals surface area contributed by atoms with E-state index in [1.807, 2.05) is 0 Å². The summed E-state index contributed by atoms with van der Waals surface area (Å²) in [7, 11) is 0. The van der Waals surface area contributed by atoms with Crippen molar-refractivity contribution in [3.05, 3.63) is 0 Å². The Bertz CT molecular complexity index is 522. The van der Waals surface area contributed by atoms with Crippen molar-refractivity contribution in [3.8, 4) is 0 Å². The van der Waals surface area contributed by atoms with E-state index in [0.29, 0.717) is 12.8 Å². The third-order valence-electron chi connectivity index (χ3n) is 5.25. The van der Waals surface area contributed by atoms with Gasteiger partial charge in [0.2, 0.25) is 0 Å². The van der Waals surface area contributed by atoms with Crippen molar-refractivity contribution in [3.63, 3.8) is 0 Å². The maximum atomic E-state index is 9.12. The Morgan fingerprint density at radius 3 is 1.52 bits per heavy atom. The summed E-state index contributed by atoms with van der Waals surface area (Å²) in [6.45, 7) is -1.12. The van der Waals surface area contributed by atoms with Crippen molar-refractivity contribution in [2.45, 2.75) is 93.1 Å². The molecule has 0 bridgehead atoms. The Kier molecular flexibility index (Phi) is 13.6. The van der Waals surface area contributed by atoms with Gasteiger partial charge in [0, 0.05) is 12.8 Å². The van der Waals surface area contributed by atoms with E-state index < -0.39 is 80.4 Å². The largest absolute Gasteiger partial charge is 0.394 e. The second-order valence-electron chi connectivity index (χ2n) is 7.79. The summed E-state index contributed by atoms with van der Waals surface area (Å²) in [5, 5.41) is 107. The van der Waals surface area contributed by atoms with Crippen molar-refractivity contribution in [2.75, 3.05) is 19.8 Å². The lowest BCUT2D eigenvalue weighted by molar-refractivity contribution is -0.286. The molecule has 0 aromatic rings. The summed E-state index contributed by atoms with van der Waals surface area (Å²) >= 11 is 0. The van der Waals surface area contributed by atoms with E-state index >= 15 is 0 Å². The number of aliphatic hydroxyl groups is 12. The minimum Gasteiger partial charge on any atom is -0.394 e. The summed E-state index contributed by atoms with van der Waals surface area (Å²) in [6, 6.07) is 0. The summed E-state index contributed by atoms with van der Waals surface area (Å²) in [4.78, 5) is 0. The Morgan fingerprint density at radius 1 is 0.485 bits per heavy atom. The average Bonchev–Trinajstić information content (AvgIpc) is 2.79. The first-order valence-electron chi connectivity index (χ1n) is 10.4. The monoisotopic (exact) mass is 492 g/mol. The molecule has 198 valence electrons. The number of rotatable bonds is 3. The Balaban J connectivity index is 0.000000249. The highest BCUT2D eigenvalue weighted by atomic mass is 16.6. The van der Waals surface area contributed by atoms with Crippen LogP contribution in [0.1, 0.15) is 19.3 Å². The number of ether oxygens (including phenoxy) is 3. The van der Waals surface area contributed by atoms with E-state index in [0.717, 1.165) is 0 Å². The van der Waals surface area contributed by atoms with Crippen LogP contribution in [0.5, 0.6) is 0 Å². The first kappa shape index (κ1) is 30.4. The highest BCUT2D eigenvalue weighted by Crippen LogP contribution is 2.20. The van der Waals surface area contributed by atoms with Gasteiger partial charge < -0.3 is 75.5 Å². The number of hydrogen-bond acceptors (Lipinski definition) is 15. The van der Waals surface area contributed by atoms with Gasteiger partial charge in [-0.1, -0.05) is 0 Å². The molecule has 0 spiro atoms. The minimum atomic E-state index is -1.57. The fraction of sp³-hybridized carbons (Fsp3) is 1.00. The van der Waals surface area contributed by atoms with Crippen LogP contribution < -0.4 is 0 Å². The molecule has 3 saturated heterocycles. The van der Waals surface area contributed by atoms with Crippen LogP contribution in [-0.2, 0) is 14.2 Å². The van der Waals surface area contributed by atoms with Gasteiger partial charge in [0.05, 0.1) is 32.0 Å². The summed E-state index contributed by atoms with van der Waals surface area (Å²) in [5.74, 6) is 0. The fourth-order valence-corrected chi connectivity index (χ4v) is 3.15. The molecule has 0 saturated carbocycles. The number of hydrogen-bond donors (Lipinski definition) is 12. The van der Waals surface area contributed by atoms with Crippen LogP contribution in [0.25, 0.3) is 0 Å². The first-order chi connectivity index (χ1) is 15.5. The van der Waals surface area contributed by atoms with Crippen molar-refractivity contribution >= 4 is 0 Å². The standard InChI is InChI=1S/C6H12O6.C6H12O5.C6H12O4/c7-1-2-3(8)4(9)5(10)6(11)12-2;7-2-5-3(8)1-4(9)6(10)11-5;7-3-5-4(8)1-2-6(9)10-5/h2-11H,1H2;3-10H,1-2H2;4-9H,1-3H2/t2-,3-,4+,5-,6-;3-,4+,5+,6+;4-,5+,6+/m100/s1. The van der Waals surface area contributed by atoms with Gasteiger partial charge >= 0.3 is 0 Å². The second-order valence-corrected chi connectivity index (χ2v) is 7.79. The molecular formula is C18H36O15. The van der Waals surface area contributed by atoms with Crippen LogP contribution in [0.15, 0.2) is 0 Å². The topological polar surface area (TPSA) is 270 Å². The molecular weight excluding hydrogens is 456 g/mol. The molecule has 15 heteroatoms. The normalized spacial score (nSPS) is 45.8. The minimum absolute atomic E-state index is 0.0341. The molecule has 0 amide bonds. The second kappa shape index (κ2) is 14.7. The van der Waals surface area contributed by atoms with Gasteiger partial charge in [0.15, 0.2) is 18.9 Å². The predicted molar refractivity (Wildman–Crippen MR) is 104 cm³/mol. The Morgan fingerprint density at radius 2 is 1.00 bits per heavy atom. The van der Waals surface area contributed by atoms with Gasteiger partial charge in [0.1, 0.15) is 42.7 Å².